The van der Waals surface area contributed by atoms with Gasteiger partial charge in [0.05, 0.1) is 54.1 Å². The molecule has 1 amide bonds. The molecule has 0 spiro atoms. The molecule has 3 aliphatic rings. The smallest absolute Gasteiger partial charge is 0.410 e. The van der Waals surface area contributed by atoms with Crippen LogP contribution in [0.3, 0.4) is 0 Å². The topological polar surface area (TPSA) is 194 Å². The van der Waals surface area contributed by atoms with E-state index in [-0.39, 0.29) is 37.3 Å². The molecule has 3 fully saturated rings. The van der Waals surface area contributed by atoms with Gasteiger partial charge in [-0.1, -0.05) is 33.4 Å². The van der Waals surface area contributed by atoms with Gasteiger partial charge in [-0.25, -0.2) is 14.8 Å². The minimum absolute atomic E-state index is 0.0152. The Balaban J connectivity index is 1.36. The number of methoxy groups -OCH3 is 1. The number of hydrogen-bond donors (Lipinski definition) is 1. The molecule has 0 radical (unpaired) electrons. The molecule has 1 N–H and O–H groups in total. The maximum absolute atomic E-state index is 15.0. The van der Waals surface area contributed by atoms with Gasteiger partial charge in [0, 0.05) is 63.1 Å². The summed E-state index contributed by atoms with van der Waals surface area (Å²) in [5.41, 5.74) is -0.625. The lowest BCUT2D eigenvalue weighted by molar-refractivity contribution is -0.301. The van der Waals surface area contributed by atoms with Gasteiger partial charge in [-0.15, -0.1) is 0 Å². The van der Waals surface area contributed by atoms with Crippen LogP contribution in [0, 0.1) is 23.7 Å². The number of fused-ring (bicyclic) bond motifs is 2. The highest BCUT2D eigenvalue weighted by Crippen LogP contribution is 2.43. The summed E-state index contributed by atoms with van der Waals surface area (Å²) in [6.45, 7) is 20.3. The van der Waals surface area contributed by atoms with Gasteiger partial charge in [0.25, 0.3) is 0 Å². The summed E-state index contributed by atoms with van der Waals surface area (Å²) in [4.78, 5) is 73.9. The maximum Gasteiger partial charge on any atom is 0.410 e. The number of amides is 1. The third kappa shape index (κ3) is 10.4. The first-order valence-electron chi connectivity index (χ1n) is 23.2. The number of hydrogen-bond acceptors (Lipinski definition) is 15. The Bertz CT molecular complexity index is 2170. The molecular weight excluding hydrogens is 849 g/mol. The summed E-state index contributed by atoms with van der Waals surface area (Å²) in [7, 11) is 3.33. The number of aliphatic hydroxyl groups is 1. The lowest BCUT2D eigenvalue weighted by Crippen LogP contribution is -2.60. The van der Waals surface area contributed by atoms with Gasteiger partial charge < -0.3 is 47.9 Å². The maximum atomic E-state index is 15.0. The first kappa shape index (κ1) is 50.4. The van der Waals surface area contributed by atoms with Crippen molar-refractivity contribution in [3.63, 3.8) is 0 Å². The van der Waals surface area contributed by atoms with Gasteiger partial charge in [0.1, 0.15) is 24.1 Å². The van der Waals surface area contributed by atoms with Crippen molar-refractivity contribution in [2.24, 2.45) is 23.7 Å². The lowest BCUT2D eigenvalue weighted by Gasteiger charge is -2.48. The van der Waals surface area contributed by atoms with E-state index >= 15 is 0 Å². The average Bonchev–Trinajstić information content (AvgIpc) is 3.84. The molecule has 17 nitrogen and oxygen atoms in total. The van der Waals surface area contributed by atoms with E-state index in [0.717, 1.165) is 5.52 Å². The number of nitrogens with zero attached hydrogens (tertiary/aromatic N) is 6. The van der Waals surface area contributed by atoms with Gasteiger partial charge in [-0.2, -0.15) is 0 Å². The molecule has 0 bridgehead atoms. The van der Waals surface area contributed by atoms with Gasteiger partial charge in [0.15, 0.2) is 17.5 Å². The summed E-state index contributed by atoms with van der Waals surface area (Å²) in [6.07, 6.45) is 3.36. The summed E-state index contributed by atoms with van der Waals surface area (Å²) in [6, 6.07) is 6.06. The molecule has 66 heavy (non-hydrogen) atoms. The van der Waals surface area contributed by atoms with Crippen molar-refractivity contribution in [3.8, 4) is 0 Å². The van der Waals surface area contributed by atoms with E-state index in [0.29, 0.717) is 30.5 Å². The standard InChI is InChI=1S/C49H70N6O11/c1-13-53(11)37-23-30(4)62-46(40(37)58)65-43-32(6)41(64-38(56)24-35-18-14-20-50-26-35)33(7)45(59)63-34(8)49(10)42(31(5)39(57)28(2)25-48(43,9)61-12)54(47(60)66-49)22-16-17-29(3)55-27-52-44-36(55)19-15-21-51-44/h13-15,18-21,26-34,37,40-43,46,58H,1,16-17,22-25H2,2-12H3/t28-,29?,30-,31+,32+,33-,34-,37+,40-,41+,42-,43-,46?,48-,49-/m1/s1. The zero-order chi connectivity index (χ0) is 48.2. The molecule has 17 heteroatoms. The van der Waals surface area contributed by atoms with E-state index in [4.69, 9.17) is 28.4 Å². The number of aliphatic hydroxyl groups excluding tert-OH is 1. The average molecular weight is 919 g/mol. The van der Waals surface area contributed by atoms with Crippen molar-refractivity contribution < 1.29 is 52.7 Å². The minimum Gasteiger partial charge on any atom is -0.461 e. The van der Waals surface area contributed by atoms with Crippen molar-refractivity contribution in [2.45, 2.75) is 161 Å². The van der Waals surface area contributed by atoms with Crippen LogP contribution in [0.15, 0.2) is 62.0 Å². The van der Waals surface area contributed by atoms with Crippen molar-refractivity contribution >= 4 is 35.0 Å². The molecule has 6 heterocycles. The Kier molecular flexibility index (Phi) is 16.0. The second kappa shape index (κ2) is 20.9. The molecule has 3 aliphatic heterocycles. The van der Waals surface area contributed by atoms with Gasteiger partial charge in [-0.3, -0.25) is 19.4 Å². The fourth-order valence-electron chi connectivity index (χ4n) is 10.5. The first-order valence-corrected chi connectivity index (χ1v) is 23.2. The third-order valence-electron chi connectivity index (χ3n) is 14.5. The number of carbonyl (C=O) groups is 4. The summed E-state index contributed by atoms with van der Waals surface area (Å²) < 4.78 is 40.4. The number of ether oxygens (including phenoxy) is 6. The van der Waals surface area contributed by atoms with E-state index in [1.165, 1.54) is 7.11 Å². The molecule has 362 valence electrons. The number of ketones is 1. The monoisotopic (exact) mass is 919 g/mol. The SMILES string of the molecule is C=CN(C)[C@H]1C[C@@H](C)OC(O[C@@H]2[C@@H](C)[C@H](OC(=O)Cc3cccnc3)[C@@H](C)C(=O)O[C@H](C)[C@@]3(C)OC(=O)N(CCCC(C)n4cnc5ncccc54)[C@@H]3[C@@H](C)C(=O)[C@H](C)C[C@@]2(C)OC)[C@@H]1O. The van der Waals surface area contributed by atoms with Crippen LogP contribution in [0.1, 0.15) is 99.6 Å². The number of aromatic nitrogens is 4. The van der Waals surface area contributed by atoms with Crippen LogP contribution in [0.5, 0.6) is 0 Å². The van der Waals surface area contributed by atoms with E-state index < -0.39 is 95.7 Å². The zero-order valence-corrected chi connectivity index (χ0v) is 40.4. The van der Waals surface area contributed by atoms with Crippen LogP contribution >= 0.6 is 0 Å². The molecule has 0 aromatic carbocycles. The predicted molar refractivity (Wildman–Crippen MR) is 244 cm³/mol. The number of Topliss-reactive ketones (excluding diaryl/α,β-unsaturated/α-hetero) is 1. The number of esters is 2. The van der Waals surface area contributed by atoms with Crippen molar-refractivity contribution in [1.82, 2.24) is 29.3 Å². The van der Waals surface area contributed by atoms with Crippen molar-refractivity contribution in [1.29, 1.82) is 0 Å². The summed E-state index contributed by atoms with van der Waals surface area (Å²) in [5.74, 6) is -4.94. The highest BCUT2D eigenvalue weighted by atomic mass is 16.7. The minimum atomic E-state index is -1.46. The highest BCUT2D eigenvalue weighted by molar-refractivity contribution is 5.85. The van der Waals surface area contributed by atoms with Crippen molar-refractivity contribution in [3.05, 3.63) is 67.5 Å². The van der Waals surface area contributed by atoms with Crippen molar-refractivity contribution in [2.75, 3.05) is 20.7 Å². The molecule has 6 rings (SSSR count). The molecular formula is C49H70N6O11. The largest absolute Gasteiger partial charge is 0.461 e. The Morgan fingerprint density at radius 3 is 2.48 bits per heavy atom. The van der Waals surface area contributed by atoms with E-state index in [1.54, 1.807) is 89.7 Å². The molecule has 2 unspecified atom stereocenters. The molecule has 3 aromatic rings. The Labute approximate surface area is 388 Å². The number of cyclic esters (lactones) is 1. The van der Waals surface area contributed by atoms with Crippen LogP contribution in [-0.2, 0) is 49.2 Å². The fraction of sp³-hybridized carbons (Fsp3) is 0.653. The number of likely N-dealkylation sites (N-methyl/N-ethyl adjacent to an activating group) is 1. The Hall–Kier alpha value is -4.97. The lowest BCUT2D eigenvalue weighted by atomic mass is 9.73. The number of imidazole rings is 1. The first-order chi connectivity index (χ1) is 31.2. The Morgan fingerprint density at radius 1 is 1.08 bits per heavy atom. The Morgan fingerprint density at radius 2 is 1.80 bits per heavy atom. The second-order valence-electron chi connectivity index (χ2n) is 19.2. The van der Waals surface area contributed by atoms with Gasteiger partial charge in [0.2, 0.25) is 0 Å². The van der Waals surface area contributed by atoms with Crippen LogP contribution in [-0.4, -0.2) is 139 Å². The predicted octanol–water partition coefficient (Wildman–Crippen LogP) is 6.08. The molecule has 0 saturated carbocycles. The number of carbonyl (C=O) groups excluding carboxylic acids is 4. The molecule has 3 saturated heterocycles. The van der Waals surface area contributed by atoms with Gasteiger partial charge >= 0.3 is 18.0 Å². The van der Waals surface area contributed by atoms with Crippen LogP contribution in [0.2, 0.25) is 0 Å². The van der Waals surface area contributed by atoms with E-state index in [1.807, 2.05) is 37.9 Å². The van der Waals surface area contributed by atoms with E-state index in [9.17, 15) is 24.3 Å². The third-order valence-corrected chi connectivity index (χ3v) is 14.5. The normalized spacial score (nSPS) is 35.0. The van der Waals surface area contributed by atoms with Crippen LogP contribution < -0.4 is 0 Å². The van der Waals surface area contributed by atoms with Gasteiger partial charge in [-0.05, 0) is 97.2 Å². The quantitative estimate of drug-likeness (QED) is 0.153. The highest BCUT2D eigenvalue weighted by Gasteiger charge is 2.60. The second-order valence-corrected chi connectivity index (χ2v) is 19.2. The number of pyridine rings is 2. The van der Waals surface area contributed by atoms with E-state index in [2.05, 4.69) is 33.0 Å². The molecule has 0 aliphatic carbocycles. The summed E-state index contributed by atoms with van der Waals surface area (Å²) in [5, 5.41) is 11.8. The van der Waals surface area contributed by atoms with Crippen LogP contribution in [0.25, 0.3) is 11.2 Å². The molecule has 15 atom stereocenters. The summed E-state index contributed by atoms with van der Waals surface area (Å²) >= 11 is 0. The zero-order valence-electron chi connectivity index (χ0n) is 40.4. The van der Waals surface area contributed by atoms with Crippen LogP contribution in [0.4, 0.5) is 4.79 Å². The number of rotatable bonds is 13. The molecule has 3 aromatic heterocycles. The fourth-order valence-corrected chi connectivity index (χ4v) is 10.5.